The maximum Gasteiger partial charge on any atom is 0.292 e. The molecule has 3 rings (SSSR count). The van der Waals surface area contributed by atoms with Crippen LogP contribution in [0.15, 0.2) is 46.1 Å². The van der Waals surface area contributed by atoms with E-state index in [2.05, 4.69) is 15.4 Å². The number of aromatic amines is 1. The summed E-state index contributed by atoms with van der Waals surface area (Å²) in [5.41, 5.74) is 2.51. The summed E-state index contributed by atoms with van der Waals surface area (Å²) < 4.78 is 1.19. The van der Waals surface area contributed by atoms with Crippen LogP contribution in [0.5, 0.6) is 0 Å². The van der Waals surface area contributed by atoms with Crippen molar-refractivity contribution in [2.24, 2.45) is 0 Å². The van der Waals surface area contributed by atoms with E-state index in [1.165, 1.54) is 10.9 Å². The molecule has 0 bridgehead atoms. The van der Waals surface area contributed by atoms with Gasteiger partial charge in [-0.2, -0.15) is 9.78 Å². The summed E-state index contributed by atoms with van der Waals surface area (Å²) in [6.07, 6.45) is 1.45. The van der Waals surface area contributed by atoms with Crippen LogP contribution in [0.2, 0.25) is 10.0 Å². The van der Waals surface area contributed by atoms with Crippen LogP contribution in [0.1, 0.15) is 16.8 Å². The van der Waals surface area contributed by atoms with Gasteiger partial charge in [-0.1, -0.05) is 23.2 Å². The zero-order valence-corrected chi connectivity index (χ0v) is 15.6. The Morgan fingerprint density at radius 3 is 2.50 bits per heavy atom. The molecule has 0 atom stereocenters. The first-order valence-corrected chi connectivity index (χ1v) is 8.59. The number of anilines is 1. The van der Waals surface area contributed by atoms with E-state index in [0.717, 1.165) is 11.3 Å². The highest BCUT2D eigenvalue weighted by molar-refractivity contribution is 6.33. The lowest BCUT2D eigenvalue weighted by atomic mass is 10.1. The molecule has 0 aliphatic rings. The predicted octanol–water partition coefficient (Wildman–Crippen LogP) is 3.46. The zero-order valence-electron chi connectivity index (χ0n) is 14.1. The number of nitrogens with one attached hydrogen (secondary N) is 2. The summed E-state index contributed by atoms with van der Waals surface area (Å²) in [5.74, 6) is 0. The van der Waals surface area contributed by atoms with Gasteiger partial charge in [0.05, 0.1) is 17.6 Å². The summed E-state index contributed by atoms with van der Waals surface area (Å²) in [7, 11) is 0. The molecular weight excluding hydrogens is 375 g/mol. The van der Waals surface area contributed by atoms with Crippen molar-refractivity contribution < 1.29 is 0 Å². The minimum absolute atomic E-state index is 0.00357. The number of hydrogen-bond acceptors (Lipinski definition) is 4. The van der Waals surface area contributed by atoms with Crippen molar-refractivity contribution in [1.29, 1.82) is 0 Å². The minimum atomic E-state index is -0.464. The Labute approximate surface area is 159 Å². The van der Waals surface area contributed by atoms with Gasteiger partial charge < -0.3 is 10.3 Å². The summed E-state index contributed by atoms with van der Waals surface area (Å²) in [5, 5.41) is 7.71. The van der Waals surface area contributed by atoms with Gasteiger partial charge >= 0.3 is 0 Å². The number of benzene rings is 1. The molecule has 26 heavy (non-hydrogen) atoms. The highest BCUT2D eigenvalue weighted by Crippen LogP contribution is 2.18. The molecule has 0 fully saturated rings. The topological polar surface area (TPSA) is 79.8 Å². The molecule has 134 valence electrons. The molecule has 0 amide bonds. The quantitative estimate of drug-likeness (QED) is 0.714. The van der Waals surface area contributed by atoms with Crippen LogP contribution in [0, 0.1) is 13.8 Å². The summed E-state index contributed by atoms with van der Waals surface area (Å²) in [6.45, 7) is 3.91. The van der Waals surface area contributed by atoms with Gasteiger partial charge in [-0.05, 0) is 49.7 Å². The van der Waals surface area contributed by atoms with Crippen LogP contribution in [0.4, 0.5) is 5.69 Å². The number of aryl methyl sites for hydroxylation is 2. The normalized spacial score (nSPS) is 10.8. The first kappa shape index (κ1) is 18.2. The van der Waals surface area contributed by atoms with Crippen molar-refractivity contribution in [2.75, 3.05) is 5.32 Å². The SMILES string of the molecule is Cc1cc(C)c(CNc2cnn(-c3ccc(Cl)cc3)c(=O)c2Cl)c(=O)[nH]1. The maximum atomic E-state index is 12.5. The number of nitrogens with zero attached hydrogens (tertiary/aromatic N) is 2. The van der Waals surface area contributed by atoms with Crippen molar-refractivity contribution in [1.82, 2.24) is 14.8 Å². The van der Waals surface area contributed by atoms with Crippen molar-refractivity contribution >= 4 is 28.9 Å². The van der Waals surface area contributed by atoms with Crippen LogP contribution in [0.3, 0.4) is 0 Å². The van der Waals surface area contributed by atoms with E-state index in [1.54, 1.807) is 24.3 Å². The third-order valence-electron chi connectivity index (χ3n) is 3.94. The van der Waals surface area contributed by atoms with E-state index < -0.39 is 5.56 Å². The number of H-pyrrole nitrogens is 1. The molecule has 0 aliphatic carbocycles. The Balaban J connectivity index is 1.89. The van der Waals surface area contributed by atoms with E-state index in [0.29, 0.717) is 22.0 Å². The van der Waals surface area contributed by atoms with Gasteiger partial charge in [-0.15, -0.1) is 0 Å². The zero-order chi connectivity index (χ0) is 18.8. The Kier molecular flexibility index (Phi) is 5.15. The predicted molar refractivity (Wildman–Crippen MR) is 104 cm³/mol. The molecule has 0 radical (unpaired) electrons. The molecule has 2 heterocycles. The number of pyridine rings is 1. The van der Waals surface area contributed by atoms with Gasteiger partial charge in [0, 0.05) is 22.8 Å². The second-order valence-electron chi connectivity index (χ2n) is 5.86. The molecule has 2 aromatic heterocycles. The second kappa shape index (κ2) is 7.35. The second-order valence-corrected chi connectivity index (χ2v) is 6.68. The standard InChI is InChI=1S/C18H16Cl2N4O2/c1-10-7-11(2)23-17(25)14(10)8-21-15-9-22-24(18(26)16(15)20)13-5-3-12(19)4-6-13/h3-7,9,21H,8H2,1-2H3,(H,23,25). The molecule has 0 aliphatic heterocycles. The Morgan fingerprint density at radius 1 is 1.15 bits per heavy atom. The van der Waals surface area contributed by atoms with Crippen LogP contribution in [-0.2, 0) is 6.54 Å². The average molecular weight is 391 g/mol. The van der Waals surface area contributed by atoms with Gasteiger partial charge in [-0.25, -0.2) is 0 Å². The smallest absolute Gasteiger partial charge is 0.292 e. The van der Waals surface area contributed by atoms with Gasteiger partial charge in [0.2, 0.25) is 0 Å². The fourth-order valence-corrected chi connectivity index (χ4v) is 2.93. The molecule has 3 aromatic rings. The summed E-state index contributed by atoms with van der Waals surface area (Å²) in [4.78, 5) is 27.3. The van der Waals surface area contributed by atoms with Crippen LogP contribution in [0.25, 0.3) is 5.69 Å². The lowest BCUT2D eigenvalue weighted by Crippen LogP contribution is -2.23. The molecule has 8 heteroatoms. The number of rotatable bonds is 4. The highest BCUT2D eigenvalue weighted by atomic mass is 35.5. The Hall–Kier alpha value is -2.57. The van der Waals surface area contributed by atoms with Gasteiger partial charge in [0.15, 0.2) is 0 Å². The Morgan fingerprint density at radius 2 is 1.85 bits per heavy atom. The Bertz CT molecular complexity index is 1070. The third-order valence-corrected chi connectivity index (χ3v) is 4.56. The lowest BCUT2D eigenvalue weighted by Gasteiger charge is -2.11. The third kappa shape index (κ3) is 3.66. The molecule has 0 spiro atoms. The average Bonchev–Trinajstić information content (AvgIpc) is 2.58. The fraction of sp³-hybridized carbons (Fsp3) is 0.167. The van der Waals surface area contributed by atoms with Crippen LogP contribution < -0.4 is 16.4 Å². The van der Waals surface area contributed by atoms with Gasteiger partial charge in [0.25, 0.3) is 11.1 Å². The molecule has 0 unspecified atom stereocenters. The van der Waals surface area contributed by atoms with E-state index in [1.807, 2.05) is 19.9 Å². The van der Waals surface area contributed by atoms with E-state index in [9.17, 15) is 9.59 Å². The monoisotopic (exact) mass is 390 g/mol. The molecule has 1 aromatic carbocycles. The van der Waals surface area contributed by atoms with Crippen molar-refractivity contribution in [2.45, 2.75) is 20.4 Å². The van der Waals surface area contributed by atoms with Gasteiger partial charge in [0.1, 0.15) is 5.02 Å². The maximum absolute atomic E-state index is 12.5. The molecule has 2 N–H and O–H groups in total. The summed E-state index contributed by atoms with van der Waals surface area (Å²) in [6, 6.07) is 8.57. The largest absolute Gasteiger partial charge is 0.378 e. The number of hydrogen-bond donors (Lipinski definition) is 2. The van der Waals surface area contributed by atoms with E-state index in [-0.39, 0.29) is 17.1 Å². The fourth-order valence-electron chi connectivity index (χ4n) is 2.61. The summed E-state index contributed by atoms with van der Waals surface area (Å²) >= 11 is 12.1. The van der Waals surface area contributed by atoms with Crippen molar-refractivity contribution in [3.05, 3.63) is 84.1 Å². The minimum Gasteiger partial charge on any atom is -0.378 e. The van der Waals surface area contributed by atoms with E-state index in [4.69, 9.17) is 23.2 Å². The first-order chi connectivity index (χ1) is 12.4. The van der Waals surface area contributed by atoms with E-state index >= 15 is 0 Å². The van der Waals surface area contributed by atoms with Crippen LogP contribution >= 0.6 is 23.2 Å². The number of aromatic nitrogens is 3. The molecule has 0 saturated heterocycles. The van der Waals surface area contributed by atoms with Crippen molar-refractivity contribution in [3.8, 4) is 5.69 Å². The molecular formula is C18H16Cl2N4O2. The molecule has 6 nitrogen and oxygen atoms in total. The van der Waals surface area contributed by atoms with Gasteiger partial charge in [-0.3, -0.25) is 9.59 Å². The number of halogens is 2. The molecule has 0 saturated carbocycles. The van der Waals surface area contributed by atoms with Crippen LogP contribution in [-0.4, -0.2) is 14.8 Å². The lowest BCUT2D eigenvalue weighted by molar-refractivity contribution is 0.807. The highest BCUT2D eigenvalue weighted by Gasteiger charge is 2.12. The first-order valence-electron chi connectivity index (χ1n) is 7.84. The van der Waals surface area contributed by atoms with Crippen molar-refractivity contribution in [3.63, 3.8) is 0 Å².